The van der Waals surface area contributed by atoms with Crippen LogP contribution >= 0.6 is 11.6 Å². The Labute approximate surface area is 133 Å². The van der Waals surface area contributed by atoms with Gasteiger partial charge < -0.3 is 10.6 Å². The van der Waals surface area contributed by atoms with Crippen molar-refractivity contribution in [3.63, 3.8) is 0 Å². The van der Waals surface area contributed by atoms with E-state index in [4.69, 9.17) is 11.6 Å². The third-order valence-electron chi connectivity index (χ3n) is 2.90. The van der Waals surface area contributed by atoms with Gasteiger partial charge in [-0.05, 0) is 30.2 Å². The average molecular weight is 322 g/mol. The van der Waals surface area contributed by atoms with E-state index in [1.165, 1.54) is 24.4 Å². The molecule has 2 aromatic rings. The van der Waals surface area contributed by atoms with Gasteiger partial charge in [-0.25, -0.2) is 9.37 Å². The molecule has 0 aliphatic heterocycles. The van der Waals surface area contributed by atoms with Crippen molar-refractivity contribution in [3.05, 3.63) is 52.9 Å². The molecule has 0 fully saturated rings. The van der Waals surface area contributed by atoms with Crippen LogP contribution in [-0.2, 0) is 0 Å². The summed E-state index contributed by atoms with van der Waals surface area (Å²) in [5.41, 5.74) is 0.297. The van der Waals surface area contributed by atoms with E-state index in [1.54, 1.807) is 12.1 Å². The molecule has 116 valence electrons. The fourth-order valence-electron chi connectivity index (χ4n) is 1.79. The first kappa shape index (κ1) is 16.2. The van der Waals surface area contributed by atoms with Crippen molar-refractivity contribution in [2.75, 3.05) is 17.2 Å². The Kier molecular flexibility index (Phi) is 5.33. The van der Waals surface area contributed by atoms with Gasteiger partial charge in [0.05, 0.1) is 22.5 Å². The molecule has 0 aliphatic rings. The lowest BCUT2D eigenvalue weighted by molar-refractivity contribution is 0.102. The fraction of sp³-hybridized carbons (Fsp3) is 0.250. The molecule has 0 aliphatic carbocycles. The van der Waals surface area contributed by atoms with Crippen LogP contribution in [0.4, 0.5) is 15.9 Å². The van der Waals surface area contributed by atoms with Crippen LogP contribution in [0.15, 0.2) is 36.5 Å². The van der Waals surface area contributed by atoms with E-state index in [9.17, 15) is 9.18 Å². The Bertz CT molecular complexity index is 639. The molecular weight excluding hydrogens is 305 g/mol. The number of pyridine rings is 1. The van der Waals surface area contributed by atoms with Gasteiger partial charge in [0.25, 0.3) is 5.91 Å². The molecule has 0 atom stereocenters. The standard InChI is InChI=1S/C16H17ClFN3O/c1-10(2)8-19-14-7-6-11(9-20-14)21-16(22)15-12(17)4-3-5-13(15)18/h3-7,9-10H,8H2,1-2H3,(H,19,20)(H,21,22). The molecule has 1 aromatic carbocycles. The van der Waals surface area contributed by atoms with Gasteiger partial charge in [0.15, 0.2) is 0 Å². The van der Waals surface area contributed by atoms with Gasteiger partial charge in [-0.15, -0.1) is 0 Å². The third kappa shape index (κ3) is 4.18. The lowest BCUT2D eigenvalue weighted by Crippen LogP contribution is -2.15. The zero-order valence-electron chi connectivity index (χ0n) is 12.4. The molecule has 0 bridgehead atoms. The summed E-state index contributed by atoms with van der Waals surface area (Å²) in [4.78, 5) is 16.3. The zero-order valence-corrected chi connectivity index (χ0v) is 13.1. The molecule has 0 spiro atoms. The molecule has 2 rings (SSSR count). The molecule has 2 N–H and O–H groups in total. The highest BCUT2D eigenvalue weighted by Gasteiger charge is 2.15. The lowest BCUT2D eigenvalue weighted by atomic mass is 10.2. The van der Waals surface area contributed by atoms with Crippen molar-refractivity contribution >= 4 is 29.0 Å². The molecule has 0 saturated carbocycles. The van der Waals surface area contributed by atoms with Gasteiger partial charge in [-0.1, -0.05) is 31.5 Å². The van der Waals surface area contributed by atoms with Crippen molar-refractivity contribution in [3.8, 4) is 0 Å². The van der Waals surface area contributed by atoms with Crippen LogP contribution in [0.1, 0.15) is 24.2 Å². The molecule has 6 heteroatoms. The van der Waals surface area contributed by atoms with Gasteiger partial charge >= 0.3 is 0 Å². The number of halogens is 2. The summed E-state index contributed by atoms with van der Waals surface area (Å²) < 4.78 is 13.7. The van der Waals surface area contributed by atoms with Gasteiger partial charge in [0.2, 0.25) is 0 Å². The molecule has 1 heterocycles. The summed E-state index contributed by atoms with van der Waals surface area (Å²) in [5, 5.41) is 5.82. The van der Waals surface area contributed by atoms with Gasteiger partial charge in [0, 0.05) is 6.54 Å². The maximum absolute atomic E-state index is 13.7. The molecule has 0 radical (unpaired) electrons. The number of amides is 1. The Morgan fingerprint density at radius 2 is 2.09 bits per heavy atom. The van der Waals surface area contributed by atoms with E-state index >= 15 is 0 Å². The minimum Gasteiger partial charge on any atom is -0.370 e. The van der Waals surface area contributed by atoms with Crippen molar-refractivity contribution in [1.82, 2.24) is 4.98 Å². The van der Waals surface area contributed by atoms with Crippen molar-refractivity contribution < 1.29 is 9.18 Å². The number of nitrogens with one attached hydrogen (secondary N) is 2. The van der Waals surface area contributed by atoms with E-state index in [0.717, 1.165) is 12.4 Å². The zero-order chi connectivity index (χ0) is 16.1. The second kappa shape index (κ2) is 7.22. The van der Waals surface area contributed by atoms with Gasteiger partial charge in [0.1, 0.15) is 11.6 Å². The first-order valence-corrected chi connectivity index (χ1v) is 7.30. The van der Waals surface area contributed by atoms with Crippen LogP contribution in [0.3, 0.4) is 0 Å². The summed E-state index contributed by atoms with van der Waals surface area (Å²) in [7, 11) is 0. The largest absolute Gasteiger partial charge is 0.370 e. The number of anilines is 2. The highest BCUT2D eigenvalue weighted by atomic mass is 35.5. The quantitative estimate of drug-likeness (QED) is 0.868. The summed E-state index contributed by atoms with van der Waals surface area (Å²) in [6, 6.07) is 7.56. The van der Waals surface area contributed by atoms with E-state index < -0.39 is 11.7 Å². The number of hydrogen-bond donors (Lipinski definition) is 2. The van der Waals surface area contributed by atoms with Crippen LogP contribution in [-0.4, -0.2) is 17.4 Å². The number of rotatable bonds is 5. The first-order valence-electron chi connectivity index (χ1n) is 6.92. The minimum absolute atomic E-state index is 0.0701. The number of benzene rings is 1. The molecule has 0 saturated heterocycles. The Balaban J connectivity index is 2.06. The predicted octanol–water partition coefficient (Wildman–Crippen LogP) is 4.19. The topological polar surface area (TPSA) is 54.0 Å². The lowest BCUT2D eigenvalue weighted by Gasteiger charge is -2.10. The molecule has 1 aromatic heterocycles. The van der Waals surface area contributed by atoms with E-state index in [-0.39, 0.29) is 10.6 Å². The average Bonchev–Trinajstić information content (AvgIpc) is 2.46. The van der Waals surface area contributed by atoms with Crippen LogP contribution in [0.25, 0.3) is 0 Å². The van der Waals surface area contributed by atoms with E-state index in [0.29, 0.717) is 11.6 Å². The summed E-state index contributed by atoms with van der Waals surface area (Å²) in [6.45, 7) is 5.00. The van der Waals surface area contributed by atoms with Crippen LogP contribution < -0.4 is 10.6 Å². The molecule has 4 nitrogen and oxygen atoms in total. The second-order valence-electron chi connectivity index (χ2n) is 5.26. The predicted molar refractivity (Wildman–Crippen MR) is 86.9 cm³/mol. The number of hydrogen-bond acceptors (Lipinski definition) is 3. The van der Waals surface area contributed by atoms with Crippen molar-refractivity contribution in [2.45, 2.75) is 13.8 Å². The smallest absolute Gasteiger partial charge is 0.260 e. The van der Waals surface area contributed by atoms with Crippen molar-refractivity contribution in [2.24, 2.45) is 5.92 Å². The highest BCUT2D eigenvalue weighted by Crippen LogP contribution is 2.20. The van der Waals surface area contributed by atoms with Crippen LogP contribution in [0.2, 0.25) is 5.02 Å². The van der Waals surface area contributed by atoms with E-state index in [1.807, 2.05) is 0 Å². The SMILES string of the molecule is CC(C)CNc1ccc(NC(=O)c2c(F)cccc2Cl)cn1. The normalized spacial score (nSPS) is 10.6. The minimum atomic E-state index is -0.659. The maximum atomic E-state index is 13.7. The molecule has 0 unspecified atom stereocenters. The van der Waals surface area contributed by atoms with E-state index in [2.05, 4.69) is 29.5 Å². The second-order valence-corrected chi connectivity index (χ2v) is 5.66. The summed E-state index contributed by atoms with van der Waals surface area (Å²) >= 11 is 5.86. The van der Waals surface area contributed by atoms with Crippen molar-refractivity contribution in [1.29, 1.82) is 0 Å². The first-order chi connectivity index (χ1) is 10.5. The van der Waals surface area contributed by atoms with Gasteiger partial charge in [-0.3, -0.25) is 4.79 Å². The maximum Gasteiger partial charge on any atom is 0.260 e. The van der Waals surface area contributed by atoms with Crippen LogP contribution in [0, 0.1) is 11.7 Å². The number of nitrogens with zero attached hydrogens (tertiary/aromatic N) is 1. The Morgan fingerprint density at radius 1 is 1.32 bits per heavy atom. The fourth-order valence-corrected chi connectivity index (χ4v) is 2.04. The summed E-state index contributed by atoms with van der Waals surface area (Å²) in [5.74, 6) is -0.0408. The summed E-state index contributed by atoms with van der Waals surface area (Å²) in [6.07, 6.45) is 1.51. The highest BCUT2D eigenvalue weighted by molar-refractivity contribution is 6.34. The Hall–Kier alpha value is -2.14. The number of carbonyl (C=O) groups excluding carboxylic acids is 1. The third-order valence-corrected chi connectivity index (χ3v) is 3.22. The Morgan fingerprint density at radius 3 is 2.68 bits per heavy atom. The molecular formula is C16H17ClFN3O. The number of aromatic nitrogens is 1. The molecule has 1 amide bonds. The molecule has 22 heavy (non-hydrogen) atoms. The van der Waals surface area contributed by atoms with Gasteiger partial charge in [-0.2, -0.15) is 0 Å². The van der Waals surface area contributed by atoms with Crippen LogP contribution in [0.5, 0.6) is 0 Å². The monoisotopic (exact) mass is 321 g/mol. The number of carbonyl (C=O) groups is 1.